The fraction of sp³-hybridized carbons (Fsp3) is 0. The maximum Gasteiger partial charge on any atom is 0.126 e. The van der Waals surface area contributed by atoms with Gasteiger partial charge in [-0.1, -0.05) is 73.5 Å². The molecule has 0 amide bonds. The third-order valence-electron chi connectivity index (χ3n) is 2.00. The lowest BCUT2D eigenvalue weighted by atomic mass is 10.1. The van der Waals surface area contributed by atoms with Gasteiger partial charge in [-0.2, -0.15) is 0 Å². The van der Waals surface area contributed by atoms with Gasteiger partial charge in [-0.05, 0) is 11.1 Å². The van der Waals surface area contributed by atoms with Crippen LogP contribution in [0, 0.1) is 25.1 Å². The number of ether oxygens (including phenoxy) is 1. The van der Waals surface area contributed by atoms with Gasteiger partial charge in [0, 0.05) is 0 Å². The second-order valence-corrected chi connectivity index (χ2v) is 3.07. The standard InChI is InChI=1S/C12H10.C4H2O/c1-3-7-11(8-4-1)12-9-5-2-6-10-12;1-3-5-4-2/h1-10H;1-2H. The molecule has 0 unspecified atom stereocenters. The molecule has 0 bridgehead atoms. The maximum absolute atomic E-state index is 4.52. The predicted molar refractivity (Wildman–Crippen MR) is 70.6 cm³/mol. The molecular formula is C16H12O. The third-order valence-corrected chi connectivity index (χ3v) is 2.00. The van der Waals surface area contributed by atoms with Crippen molar-refractivity contribution in [1.82, 2.24) is 0 Å². The summed E-state index contributed by atoms with van der Waals surface area (Å²) < 4.78 is 3.89. The van der Waals surface area contributed by atoms with Crippen molar-refractivity contribution in [3.05, 3.63) is 60.7 Å². The molecule has 17 heavy (non-hydrogen) atoms. The third kappa shape index (κ3) is 4.60. The van der Waals surface area contributed by atoms with E-state index in [-0.39, 0.29) is 0 Å². The Labute approximate surface area is 102 Å². The van der Waals surface area contributed by atoms with Gasteiger partial charge in [0.05, 0.1) is 0 Å². The Morgan fingerprint density at radius 1 is 0.647 bits per heavy atom. The van der Waals surface area contributed by atoms with Crippen molar-refractivity contribution in [3.63, 3.8) is 0 Å². The molecule has 0 heterocycles. The lowest BCUT2D eigenvalue weighted by molar-refractivity contribution is 0.481. The van der Waals surface area contributed by atoms with Crippen LogP contribution in [0.4, 0.5) is 0 Å². The van der Waals surface area contributed by atoms with Crippen LogP contribution >= 0.6 is 0 Å². The smallest absolute Gasteiger partial charge is 0.126 e. The van der Waals surface area contributed by atoms with Gasteiger partial charge in [0.2, 0.25) is 0 Å². The minimum absolute atomic E-state index is 1.28. The van der Waals surface area contributed by atoms with E-state index in [4.69, 9.17) is 0 Å². The fourth-order valence-electron chi connectivity index (χ4n) is 1.30. The number of rotatable bonds is 1. The highest BCUT2D eigenvalue weighted by atomic mass is 16.5. The molecule has 0 saturated heterocycles. The lowest BCUT2D eigenvalue weighted by Crippen LogP contribution is -1.73. The van der Waals surface area contributed by atoms with E-state index in [1.165, 1.54) is 11.1 Å². The van der Waals surface area contributed by atoms with E-state index in [1.54, 1.807) is 12.2 Å². The summed E-state index contributed by atoms with van der Waals surface area (Å²) in [4.78, 5) is 0. The van der Waals surface area contributed by atoms with Gasteiger partial charge in [0.25, 0.3) is 0 Å². The van der Waals surface area contributed by atoms with Gasteiger partial charge in [-0.3, -0.25) is 0 Å². The van der Waals surface area contributed by atoms with Gasteiger partial charge < -0.3 is 4.74 Å². The number of hydrogen-bond acceptors (Lipinski definition) is 1. The van der Waals surface area contributed by atoms with Gasteiger partial charge in [-0.25, -0.2) is 0 Å². The Morgan fingerprint density at radius 2 is 1.00 bits per heavy atom. The van der Waals surface area contributed by atoms with Crippen molar-refractivity contribution in [2.45, 2.75) is 0 Å². The summed E-state index contributed by atoms with van der Waals surface area (Å²) in [7, 11) is 0. The molecule has 0 radical (unpaired) electrons. The normalized spacial score (nSPS) is 7.88. The van der Waals surface area contributed by atoms with Crippen molar-refractivity contribution in [3.8, 4) is 36.2 Å². The van der Waals surface area contributed by atoms with Crippen LogP contribution < -0.4 is 0 Å². The highest BCUT2D eigenvalue weighted by Gasteiger charge is 1.91. The summed E-state index contributed by atoms with van der Waals surface area (Å²) in [5.41, 5.74) is 2.55. The van der Waals surface area contributed by atoms with Crippen LogP contribution in [0.5, 0.6) is 0 Å². The first-order valence-corrected chi connectivity index (χ1v) is 5.06. The zero-order valence-electron chi connectivity index (χ0n) is 9.34. The average molecular weight is 220 g/mol. The van der Waals surface area contributed by atoms with Crippen molar-refractivity contribution >= 4 is 0 Å². The molecule has 0 aliphatic carbocycles. The van der Waals surface area contributed by atoms with Crippen LogP contribution in [0.25, 0.3) is 11.1 Å². The van der Waals surface area contributed by atoms with Crippen molar-refractivity contribution in [2.75, 3.05) is 0 Å². The zero-order valence-corrected chi connectivity index (χ0v) is 9.34. The first-order chi connectivity index (χ1) is 8.38. The second kappa shape index (κ2) is 7.63. The molecule has 1 heteroatoms. The summed E-state index contributed by atoms with van der Waals surface area (Å²) >= 11 is 0. The Hall–Kier alpha value is -2.64. The van der Waals surface area contributed by atoms with E-state index in [0.717, 1.165) is 0 Å². The Kier molecular flexibility index (Phi) is 5.58. The van der Waals surface area contributed by atoms with Crippen molar-refractivity contribution in [2.24, 2.45) is 0 Å². The summed E-state index contributed by atoms with van der Waals surface area (Å²) in [5, 5.41) is 0. The van der Waals surface area contributed by atoms with Crippen LogP contribution in [0.2, 0.25) is 0 Å². The van der Waals surface area contributed by atoms with E-state index in [9.17, 15) is 0 Å². The quantitative estimate of drug-likeness (QED) is 0.668. The first kappa shape index (κ1) is 12.4. The number of benzene rings is 2. The largest absolute Gasteiger partial charge is 0.357 e. The maximum atomic E-state index is 4.52. The molecular weight excluding hydrogens is 208 g/mol. The van der Waals surface area contributed by atoms with Crippen LogP contribution in [-0.4, -0.2) is 0 Å². The van der Waals surface area contributed by atoms with Gasteiger partial charge in [0.1, 0.15) is 12.2 Å². The first-order valence-electron chi connectivity index (χ1n) is 5.06. The van der Waals surface area contributed by atoms with Crippen LogP contribution in [0.1, 0.15) is 0 Å². The van der Waals surface area contributed by atoms with Crippen molar-refractivity contribution < 1.29 is 4.74 Å². The topological polar surface area (TPSA) is 9.23 Å². The molecule has 0 saturated carbocycles. The molecule has 0 aliphatic rings. The number of hydrogen-bond donors (Lipinski definition) is 0. The van der Waals surface area contributed by atoms with E-state index in [0.29, 0.717) is 0 Å². The SMILES string of the molecule is C#COC#C.c1ccc(-c2ccccc2)cc1. The fourth-order valence-corrected chi connectivity index (χ4v) is 1.30. The minimum atomic E-state index is 1.28. The van der Waals surface area contributed by atoms with Crippen LogP contribution in [0.15, 0.2) is 60.7 Å². The van der Waals surface area contributed by atoms with Crippen LogP contribution in [-0.2, 0) is 4.74 Å². The number of terminal acetylenes is 2. The van der Waals surface area contributed by atoms with Gasteiger partial charge in [-0.15, -0.1) is 0 Å². The van der Waals surface area contributed by atoms with Crippen molar-refractivity contribution in [1.29, 1.82) is 0 Å². The van der Waals surface area contributed by atoms with E-state index >= 15 is 0 Å². The molecule has 0 aromatic heterocycles. The molecule has 82 valence electrons. The van der Waals surface area contributed by atoms with E-state index < -0.39 is 0 Å². The minimum Gasteiger partial charge on any atom is -0.357 e. The van der Waals surface area contributed by atoms with E-state index in [2.05, 4.69) is 66.1 Å². The molecule has 2 rings (SSSR count). The Balaban J connectivity index is 0.000000249. The second-order valence-electron chi connectivity index (χ2n) is 3.07. The summed E-state index contributed by atoms with van der Waals surface area (Å²) in [6.45, 7) is 0. The highest BCUT2D eigenvalue weighted by molar-refractivity contribution is 5.62. The Morgan fingerprint density at radius 3 is 1.24 bits per heavy atom. The summed E-state index contributed by atoms with van der Waals surface area (Å²) in [5.74, 6) is 0. The summed E-state index contributed by atoms with van der Waals surface area (Å²) in [6, 6.07) is 20.8. The lowest BCUT2D eigenvalue weighted by Gasteiger charge is -1.98. The summed E-state index contributed by atoms with van der Waals surface area (Å²) in [6.07, 6.45) is 12.6. The molecule has 0 fully saturated rings. The predicted octanol–water partition coefficient (Wildman–Crippen LogP) is 3.54. The molecule has 0 atom stereocenters. The zero-order chi connectivity index (χ0) is 12.3. The Bertz CT molecular complexity index is 451. The highest BCUT2D eigenvalue weighted by Crippen LogP contribution is 2.17. The molecule has 0 N–H and O–H groups in total. The average Bonchev–Trinajstić information content (AvgIpc) is 2.42. The molecule has 1 nitrogen and oxygen atoms in total. The van der Waals surface area contributed by atoms with Gasteiger partial charge in [0.15, 0.2) is 0 Å². The molecule has 2 aromatic rings. The van der Waals surface area contributed by atoms with Gasteiger partial charge >= 0.3 is 0 Å². The molecule has 0 spiro atoms. The monoisotopic (exact) mass is 220 g/mol. The van der Waals surface area contributed by atoms with Crippen LogP contribution in [0.3, 0.4) is 0 Å². The molecule has 2 aromatic carbocycles. The van der Waals surface area contributed by atoms with E-state index in [1.807, 2.05) is 12.1 Å². The molecule has 0 aliphatic heterocycles.